The molecule has 0 aliphatic rings. The van der Waals surface area contributed by atoms with E-state index in [2.05, 4.69) is 10.5 Å². The van der Waals surface area contributed by atoms with Crippen LogP contribution in [-0.2, 0) is 0 Å². The Morgan fingerprint density at radius 2 is 1.69 bits per heavy atom. The van der Waals surface area contributed by atoms with Crippen molar-refractivity contribution in [1.82, 2.24) is 5.43 Å². The smallest absolute Gasteiger partial charge is 0.275 e. The van der Waals surface area contributed by atoms with E-state index in [1.54, 1.807) is 31.4 Å². The highest BCUT2D eigenvalue weighted by atomic mass is 35.5. The van der Waals surface area contributed by atoms with E-state index in [-0.39, 0.29) is 5.91 Å². The van der Waals surface area contributed by atoms with Crippen molar-refractivity contribution in [2.45, 2.75) is 0 Å². The highest BCUT2D eigenvalue weighted by molar-refractivity contribution is 6.32. The van der Waals surface area contributed by atoms with Gasteiger partial charge in [0.15, 0.2) is 0 Å². The van der Waals surface area contributed by atoms with Gasteiger partial charge in [-0.1, -0.05) is 35.9 Å². The summed E-state index contributed by atoms with van der Waals surface area (Å²) in [5, 5.41) is 6.41. The van der Waals surface area contributed by atoms with E-state index >= 15 is 0 Å². The number of nitrogens with one attached hydrogen (secondary N) is 1. The molecule has 0 unspecified atom stereocenters. The molecular formula is C20H17ClN2O3. The molecule has 5 nitrogen and oxygen atoms in total. The van der Waals surface area contributed by atoms with Crippen molar-refractivity contribution < 1.29 is 14.3 Å². The third-order valence-electron chi connectivity index (χ3n) is 3.87. The molecule has 0 atom stereocenters. The average Bonchev–Trinajstić information content (AvgIpc) is 2.67. The van der Waals surface area contributed by atoms with Gasteiger partial charge in [0.25, 0.3) is 5.91 Å². The third-order valence-corrected chi connectivity index (χ3v) is 4.16. The number of hydrogen-bond acceptors (Lipinski definition) is 4. The van der Waals surface area contributed by atoms with Crippen molar-refractivity contribution in [3.63, 3.8) is 0 Å². The van der Waals surface area contributed by atoms with Gasteiger partial charge < -0.3 is 9.47 Å². The van der Waals surface area contributed by atoms with Crippen molar-refractivity contribution >= 4 is 34.5 Å². The number of hydrazone groups is 1. The maximum absolute atomic E-state index is 12.5. The molecule has 3 aromatic rings. The van der Waals surface area contributed by atoms with Crippen LogP contribution < -0.4 is 14.9 Å². The topological polar surface area (TPSA) is 59.9 Å². The molecule has 0 saturated heterocycles. The molecule has 0 spiro atoms. The monoisotopic (exact) mass is 368 g/mol. The summed E-state index contributed by atoms with van der Waals surface area (Å²) in [5.74, 6) is 0.709. The number of ether oxygens (including phenoxy) is 2. The molecule has 3 aromatic carbocycles. The lowest BCUT2D eigenvalue weighted by molar-refractivity contribution is 0.0952. The average molecular weight is 369 g/mol. The first-order valence-corrected chi connectivity index (χ1v) is 8.24. The van der Waals surface area contributed by atoms with E-state index < -0.39 is 0 Å². The second-order valence-corrected chi connectivity index (χ2v) is 5.90. The predicted molar refractivity (Wildman–Crippen MR) is 104 cm³/mol. The van der Waals surface area contributed by atoms with Gasteiger partial charge in [-0.15, -0.1) is 0 Å². The molecule has 0 saturated carbocycles. The minimum atomic E-state index is -0.358. The summed E-state index contributed by atoms with van der Waals surface area (Å²) in [6.45, 7) is 0. The Morgan fingerprint density at radius 3 is 2.35 bits per heavy atom. The summed E-state index contributed by atoms with van der Waals surface area (Å²) >= 11 is 6.07. The lowest BCUT2D eigenvalue weighted by Gasteiger charge is -2.09. The van der Waals surface area contributed by atoms with Crippen molar-refractivity contribution in [2.75, 3.05) is 14.2 Å². The number of rotatable bonds is 5. The number of carbonyl (C=O) groups excluding carboxylic acids is 1. The standard InChI is InChI=1S/C20H17ClN2O3/c1-25-18-8-7-13(9-17(18)21)12-22-23-20(24)16-10-14-5-3-4-6-15(14)11-19(16)26-2/h3-12H,1-2H3,(H,23,24)/b22-12+. The van der Waals surface area contributed by atoms with Gasteiger partial charge in [-0.05, 0) is 46.7 Å². The van der Waals surface area contributed by atoms with Gasteiger partial charge in [0.05, 0.1) is 31.0 Å². The van der Waals surface area contributed by atoms with Crippen LogP contribution in [0.1, 0.15) is 15.9 Å². The normalized spacial score (nSPS) is 10.9. The quantitative estimate of drug-likeness (QED) is 0.540. The first-order chi connectivity index (χ1) is 12.6. The Labute approximate surface area is 156 Å². The van der Waals surface area contributed by atoms with Crippen LogP contribution in [0.5, 0.6) is 11.5 Å². The molecule has 1 amide bonds. The largest absolute Gasteiger partial charge is 0.496 e. The molecule has 132 valence electrons. The SMILES string of the molecule is COc1ccc(/C=N/NC(=O)c2cc3ccccc3cc2OC)cc1Cl. The molecule has 0 heterocycles. The minimum Gasteiger partial charge on any atom is -0.496 e. The van der Waals surface area contributed by atoms with Gasteiger partial charge in [-0.3, -0.25) is 4.79 Å². The Kier molecular flexibility index (Phi) is 5.39. The molecule has 3 rings (SSSR count). The molecule has 0 bridgehead atoms. The van der Waals surface area contributed by atoms with Gasteiger partial charge in [-0.2, -0.15) is 5.10 Å². The molecular weight excluding hydrogens is 352 g/mol. The van der Waals surface area contributed by atoms with Crippen LogP contribution in [-0.4, -0.2) is 26.3 Å². The van der Waals surface area contributed by atoms with Crippen molar-refractivity contribution in [3.05, 3.63) is 70.7 Å². The molecule has 0 fully saturated rings. The lowest BCUT2D eigenvalue weighted by atomic mass is 10.1. The molecule has 0 radical (unpaired) electrons. The second-order valence-electron chi connectivity index (χ2n) is 5.49. The molecule has 6 heteroatoms. The first kappa shape index (κ1) is 17.8. The fourth-order valence-corrected chi connectivity index (χ4v) is 2.82. The summed E-state index contributed by atoms with van der Waals surface area (Å²) in [4.78, 5) is 12.5. The zero-order valence-electron chi connectivity index (χ0n) is 14.3. The molecule has 0 aliphatic carbocycles. The molecule has 0 aliphatic heterocycles. The highest BCUT2D eigenvalue weighted by Gasteiger charge is 2.13. The van der Waals surface area contributed by atoms with E-state index in [1.807, 2.05) is 30.3 Å². The van der Waals surface area contributed by atoms with Crippen LogP contribution in [0.4, 0.5) is 0 Å². The van der Waals surface area contributed by atoms with Crippen LogP contribution in [0.15, 0.2) is 59.7 Å². The van der Waals surface area contributed by atoms with Crippen molar-refractivity contribution in [1.29, 1.82) is 0 Å². The Bertz CT molecular complexity index is 986. The van der Waals surface area contributed by atoms with Gasteiger partial charge in [0, 0.05) is 0 Å². The predicted octanol–water partition coefficient (Wildman–Crippen LogP) is 4.27. The highest BCUT2D eigenvalue weighted by Crippen LogP contribution is 2.26. The summed E-state index contributed by atoms with van der Waals surface area (Å²) in [6, 6.07) is 16.6. The lowest BCUT2D eigenvalue weighted by Crippen LogP contribution is -2.18. The van der Waals surface area contributed by atoms with E-state index in [4.69, 9.17) is 21.1 Å². The summed E-state index contributed by atoms with van der Waals surface area (Å²) in [5.41, 5.74) is 3.66. The van der Waals surface area contributed by atoms with Gasteiger partial charge in [0.2, 0.25) is 0 Å². The fraction of sp³-hybridized carbons (Fsp3) is 0.100. The zero-order chi connectivity index (χ0) is 18.5. The maximum Gasteiger partial charge on any atom is 0.275 e. The van der Waals surface area contributed by atoms with Crippen molar-refractivity contribution in [2.24, 2.45) is 5.10 Å². The van der Waals surface area contributed by atoms with Crippen LogP contribution in [0.2, 0.25) is 5.02 Å². The maximum atomic E-state index is 12.5. The van der Waals surface area contributed by atoms with E-state index in [0.29, 0.717) is 22.1 Å². The van der Waals surface area contributed by atoms with E-state index in [0.717, 1.165) is 16.3 Å². The van der Waals surface area contributed by atoms with Gasteiger partial charge in [-0.25, -0.2) is 5.43 Å². The Balaban J connectivity index is 1.79. The molecule has 1 N–H and O–H groups in total. The minimum absolute atomic E-state index is 0.358. The summed E-state index contributed by atoms with van der Waals surface area (Å²) in [6.07, 6.45) is 1.51. The fourth-order valence-electron chi connectivity index (χ4n) is 2.55. The van der Waals surface area contributed by atoms with Crippen LogP contribution in [0.3, 0.4) is 0 Å². The summed E-state index contributed by atoms with van der Waals surface area (Å²) in [7, 11) is 3.08. The second kappa shape index (κ2) is 7.89. The first-order valence-electron chi connectivity index (χ1n) is 7.86. The molecule has 0 aromatic heterocycles. The Hall–Kier alpha value is -3.05. The van der Waals surface area contributed by atoms with E-state index in [9.17, 15) is 4.79 Å². The van der Waals surface area contributed by atoms with Crippen LogP contribution >= 0.6 is 11.6 Å². The number of amides is 1. The number of halogens is 1. The van der Waals surface area contributed by atoms with Crippen LogP contribution in [0.25, 0.3) is 10.8 Å². The number of methoxy groups -OCH3 is 2. The number of hydrogen-bond donors (Lipinski definition) is 1. The number of nitrogens with zero attached hydrogens (tertiary/aromatic N) is 1. The Morgan fingerprint density at radius 1 is 1.00 bits per heavy atom. The van der Waals surface area contributed by atoms with Gasteiger partial charge >= 0.3 is 0 Å². The van der Waals surface area contributed by atoms with Crippen LogP contribution in [0, 0.1) is 0 Å². The third kappa shape index (κ3) is 3.78. The number of carbonyl (C=O) groups is 1. The number of benzene rings is 3. The number of fused-ring (bicyclic) bond motifs is 1. The van der Waals surface area contributed by atoms with E-state index in [1.165, 1.54) is 13.3 Å². The summed E-state index contributed by atoms with van der Waals surface area (Å²) < 4.78 is 10.4. The van der Waals surface area contributed by atoms with Gasteiger partial charge in [0.1, 0.15) is 11.5 Å². The molecule has 26 heavy (non-hydrogen) atoms. The van der Waals surface area contributed by atoms with Crippen molar-refractivity contribution in [3.8, 4) is 11.5 Å². The zero-order valence-corrected chi connectivity index (χ0v) is 15.1.